The summed E-state index contributed by atoms with van der Waals surface area (Å²) in [7, 11) is 2.06. The van der Waals surface area contributed by atoms with Gasteiger partial charge in [0, 0.05) is 12.1 Å². The van der Waals surface area contributed by atoms with Crippen molar-refractivity contribution in [3.05, 3.63) is 0 Å². The topological polar surface area (TPSA) is 23.5 Å². The highest BCUT2D eigenvalue weighted by molar-refractivity contribution is 7.80. The maximum atomic E-state index is 9.23. The zero-order chi connectivity index (χ0) is 11.4. The summed E-state index contributed by atoms with van der Waals surface area (Å²) in [5, 5.41) is 9.23. The van der Waals surface area contributed by atoms with Gasteiger partial charge in [-0.25, -0.2) is 0 Å². The average molecular weight is 219 g/mol. The third-order valence-corrected chi connectivity index (χ3v) is 3.58. The molecule has 0 heterocycles. The summed E-state index contributed by atoms with van der Waals surface area (Å²) >= 11 is 4.37. The predicted molar refractivity (Wildman–Crippen MR) is 66.0 cm³/mol. The molecule has 0 fully saturated rings. The van der Waals surface area contributed by atoms with Crippen molar-refractivity contribution in [1.82, 2.24) is 4.90 Å². The van der Waals surface area contributed by atoms with E-state index in [0.29, 0.717) is 11.8 Å². The second-order valence-electron chi connectivity index (χ2n) is 5.04. The number of aliphatic hydroxyl groups is 1. The Labute approximate surface area is 94.1 Å². The SMILES string of the molecule is CC(C)C(CS)CN(C)C(C)(C)CO. The van der Waals surface area contributed by atoms with Crippen LogP contribution in [-0.4, -0.2) is 41.5 Å². The largest absolute Gasteiger partial charge is 0.394 e. The lowest BCUT2D eigenvalue weighted by molar-refractivity contribution is 0.0633. The van der Waals surface area contributed by atoms with E-state index in [1.807, 2.05) is 0 Å². The molecule has 0 aliphatic carbocycles. The van der Waals surface area contributed by atoms with E-state index in [-0.39, 0.29) is 12.1 Å². The molecule has 0 radical (unpaired) electrons. The molecule has 0 amide bonds. The van der Waals surface area contributed by atoms with Crippen molar-refractivity contribution in [3.63, 3.8) is 0 Å². The van der Waals surface area contributed by atoms with Crippen LogP contribution in [0.4, 0.5) is 0 Å². The molecule has 14 heavy (non-hydrogen) atoms. The number of thiol groups is 1. The summed E-state index contributed by atoms with van der Waals surface area (Å²) in [5.74, 6) is 2.14. The van der Waals surface area contributed by atoms with Gasteiger partial charge >= 0.3 is 0 Å². The zero-order valence-electron chi connectivity index (χ0n) is 10.1. The highest BCUT2D eigenvalue weighted by Gasteiger charge is 2.25. The molecule has 1 N–H and O–H groups in total. The van der Waals surface area contributed by atoms with Crippen molar-refractivity contribution in [2.75, 3.05) is 26.0 Å². The van der Waals surface area contributed by atoms with Gasteiger partial charge in [-0.2, -0.15) is 12.6 Å². The molecule has 1 atom stereocenters. The van der Waals surface area contributed by atoms with Gasteiger partial charge < -0.3 is 5.11 Å². The van der Waals surface area contributed by atoms with Crippen molar-refractivity contribution in [1.29, 1.82) is 0 Å². The van der Waals surface area contributed by atoms with Gasteiger partial charge in [0.25, 0.3) is 0 Å². The molecule has 1 unspecified atom stereocenters. The van der Waals surface area contributed by atoms with Crippen LogP contribution in [0.2, 0.25) is 0 Å². The van der Waals surface area contributed by atoms with Crippen LogP contribution >= 0.6 is 12.6 Å². The van der Waals surface area contributed by atoms with Gasteiger partial charge in [-0.05, 0) is 38.5 Å². The highest BCUT2D eigenvalue weighted by Crippen LogP contribution is 2.18. The molecule has 86 valence electrons. The fraction of sp³-hybridized carbons (Fsp3) is 1.00. The van der Waals surface area contributed by atoms with Crippen LogP contribution < -0.4 is 0 Å². The molecule has 0 bridgehead atoms. The first-order chi connectivity index (χ1) is 6.35. The molecule has 0 saturated heterocycles. The van der Waals surface area contributed by atoms with E-state index in [1.54, 1.807) is 0 Å². The Balaban J connectivity index is 4.21. The summed E-state index contributed by atoms with van der Waals surface area (Å²) in [6.07, 6.45) is 0. The Hall–Kier alpha value is 0.270. The Morgan fingerprint density at radius 2 is 1.86 bits per heavy atom. The minimum absolute atomic E-state index is 0.129. The van der Waals surface area contributed by atoms with Gasteiger partial charge in [-0.15, -0.1) is 0 Å². The van der Waals surface area contributed by atoms with E-state index in [4.69, 9.17) is 0 Å². The number of hydrogen-bond acceptors (Lipinski definition) is 3. The maximum absolute atomic E-state index is 9.23. The first-order valence-corrected chi connectivity index (χ1v) is 5.91. The van der Waals surface area contributed by atoms with E-state index in [0.717, 1.165) is 12.3 Å². The second-order valence-corrected chi connectivity index (χ2v) is 5.40. The van der Waals surface area contributed by atoms with Gasteiger partial charge in [0.15, 0.2) is 0 Å². The van der Waals surface area contributed by atoms with Gasteiger partial charge in [0.05, 0.1) is 6.61 Å². The molecule has 3 heteroatoms. The van der Waals surface area contributed by atoms with E-state index in [9.17, 15) is 5.11 Å². The minimum Gasteiger partial charge on any atom is -0.394 e. The summed E-state index contributed by atoms with van der Waals surface area (Å²) < 4.78 is 0. The van der Waals surface area contributed by atoms with Crippen LogP contribution in [0.3, 0.4) is 0 Å². The third kappa shape index (κ3) is 4.20. The second kappa shape index (κ2) is 5.99. The van der Waals surface area contributed by atoms with Gasteiger partial charge in [0.2, 0.25) is 0 Å². The van der Waals surface area contributed by atoms with Crippen molar-refractivity contribution in [2.45, 2.75) is 33.2 Å². The minimum atomic E-state index is -0.129. The zero-order valence-corrected chi connectivity index (χ0v) is 11.0. The van der Waals surface area contributed by atoms with Crippen LogP contribution in [0.15, 0.2) is 0 Å². The molecular formula is C11H25NOS. The van der Waals surface area contributed by atoms with Crippen molar-refractivity contribution < 1.29 is 5.11 Å². The van der Waals surface area contributed by atoms with E-state index >= 15 is 0 Å². The van der Waals surface area contributed by atoms with E-state index < -0.39 is 0 Å². The molecule has 0 spiro atoms. The average Bonchev–Trinajstić information content (AvgIpc) is 2.12. The molecule has 0 aromatic heterocycles. The first-order valence-electron chi connectivity index (χ1n) is 5.28. The Morgan fingerprint density at radius 3 is 2.14 bits per heavy atom. The van der Waals surface area contributed by atoms with Gasteiger partial charge in [-0.1, -0.05) is 13.8 Å². The molecule has 0 rings (SSSR count). The van der Waals surface area contributed by atoms with Crippen molar-refractivity contribution in [3.8, 4) is 0 Å². The molecule has 0 aromatic carbocycles. The smallest absolute Gasteiger partial charge is 0.0609 e. The molecule has 0 aliphatic heterocycles. The monoisotopic (exact) mass is 219 g/mol. The maximum Gasteiger partial charge on any atom is 0.0609 e. The Morgan fingerprint density at radius 1 is 1.36 bits per heavy atom. The Kier molecular flexibility index (Phi) is 6.10. The van der Waals surface area contributed by atoms with Crippen molar-refractivity contribution >= 4 is 12.6 Å². The highest BCUT2D eigenvalue weighted by atomic mass is 32.1. The predicted octanol–water partition coefficient (Wildman–Crippen LogP) is 1.89. The molecular weight excluding hydrogens is 194 g/mol. The lowest BCUT2D eigenvalue weighted by Gasteiger charge is -2.37. The summed E-state index contributed by atoms with van der Waals surface area (Å²) in [5.41, 5.74) is -0.129. The van der Waals surface area contributed by atoms with Gasteiger partial charge in [-0.3, -0.25) is 4.90 Å². The fourth-order valence-electron chi connectivity index (χ4n) is 1.20. The number of nitrogens with zero attached hydrogens (tertiary/aromatic N) is 1. The van der Waals surface area contributed by atoms with Crippen LogP contribution in [0.5, 0.6) is 0 Å². The number of likely N-dealkylation sites (N-methyl/N-ethyl adjacent to an activating group) is 1. The van der Waals surface area contributed by atoms with E-state index in [2.05, 4.69) is 52.3 Å². The van der Waals surface area contributed by atoms with Crippen LogP contribution in [0, 0.1) is 11.8 Å². The molecule has 0 saturated carbocycles. The van der Waals surface area contributed by atoms with E-state index in [1.165, 1.54) is 0 Å². The first kappa shape index (κ1) is 14.3. The quantitative estimate of drug-likeness (QED) is 0.667. The number of rotatable bonds is 6. The molecule has 0 aromatic rings. The van der Waals surface area contributed by atoms with Crippen LogP contribution in [0.25, 0.3) is 0 Å². The third-order valence-electron chi connectivity index (χ3n) is 3.11. The van der Waals surface area contributed by atoms with Gasteiger partial charge in [0.1, 0.15) is 0 Å². The number of hydrogen-bond donors (Lipinski definition) is 2. The lowest BCUT2D eigenvalue weighted by atomic mass is 9.95. The van der Waals surface area contributed by atoms with Crippen LogP contribution in [0.1, 0.15) is 27.7 Å². The van der Waals surface area contributed by atoms with Crippen LogP contribution in [-0.2, 0) is 0 Å². The molecule has 0 aliphatic rings. The Bertz CT molecular complexity index is 159. The number of aliphatic hydroxyl groups excluding tert-OH is 1. The summed E-state index contributed by atoms with van der Waals surface area (Å²) in [6, 6.07) is 0. The lowest BCUT2D eigenvalue weighted by Crippen LogP contribution is -2.47. The van der Waals surface area contributed by atoms with Crippen molar-refractivity contribution in [2.24, 2.45) is 11.8 Å². The normalized spacial score (nSPS) is 15.2. The molecule has 2 nitrogen and oxygen atoms in total. The summed E-state index contributed by atoms with van der Waals surface area (Å²) in [6.45, 7) is 9.75. The standard InChI is InChI=1S/C11H25NOS/c1-9(2)10(7-14)6-12(5)11(3,4)8-13/h9-10,13-14H,6-8H2,1-5H3. The summed E-state index contributed by atoms with van der Waals surface area (Å²) in [4.78, 5) is 2.22. The fourth-order valence-corrected chi connectivity index (χ4v) is 1.74.